The van der Waals surface area contributed by atoms with Gasteiger partial charge >= 0.3 is 0 Å². The topological polar surface area (TPSA) is 32.3 Å². The number of carbonyl (C=O) groups excluding carboxylic acids is 1. The molecule has 2 saturated heterocycles. The minimum atomic E-state index is -0.0184. The number of amides is 1. The van der Waals surface area contributed by atoms with E-state index in [0.29, 0.717) is 22.5 Å². The maximum absolute atomic E-state index is 13.0. The molecular formula is C23H26Cl2N2O. The van der Waals surface area contributed by atoms with Crippen LogP contribution in [0.5, 0.6) is 0 Å². The average molecular weight is 417 g/mol. The van der Waals surface area contributed by atoms with E-state index in [4.69, 9.17) is 23.2 Å². The van der Waals surface area contributed by atoms with Crippen LogP contribution in [-0.4, -0.2) is 36.5 Å². The number of hydrogen-bond acceptors (Lipinski definition) is 2. The Hall–Kier alpha value is -1.55. The molecule has 0 aromatic heterocycles. The molecule has 1 N–H and O–H groups in total. The largest absolute Gasteiger partial charge is 0.339 e. The Morgan fingerprint density at radius 1 is 1.00 bits per heavy atom. The van der Waals surface area contributed by atoms with Gasteiger partial charge in [0, 0.05) is 28.5 Å². The zero-order chi connectivity index (χ0) is 19.7. The van der Waals surface area contributed by atoms with Crippen LogP contribution in [-0.2, 0) is 11.2 Å². The number of benzene rings is 2. The summed E-state index contributed by atoms with van der Waals surface area (Å²) in [5, 5.41) is 4.67. The molecule has 2 heterocycles. The average Bonchev–Trinajstić information content (AvgIpc) is 3.06. The maximum atomic E-state index is 13.0. The van der Waals surface area contributed by atoms with E-state index >= 15 is 0 Å². The number of hydrogen-bond donors (Lipinski definition) is 1. The summed E-state index contributed by atoms with van der Waals surface area (Å²) in [7, 11) is 0. The zero-order valence-electron chi connectivity index (χ0n) is 16.2. The van der Waals surface area contributed by atoms with Crippen molar-refractivity contribution < 1.29 is 4.79 Å². The fraction of sp³-hybridized carbons (Fsp3) is 0.435. The fourth-order valence-corrected chi connectivity index (χ4v) is 5.03. The minimum Gasteiger partial charge on any atom is -0.339 e. The van der Waals surface area contributed by atoms with Gasteiger partial charge in [0.15, 0.2) is 0 Å². The molecule has 1 unspecified atom stereocenters. The predicted octanol–water partition coefficient (Wildman–Crippen LogP) is 5.11. The first-order valence-corrected chi connectivity index (χ1v) is 10.8. The Balaban J connectivity index is 1.50. The van der Waals surface area contributed by atoms with Crippen molar-refractivity contribution in [2.24, 2.45) is 5.92 Å². The van der Waals surface area contributed by atoms with Crippen molar-refractivity contribution in [1.29, 1.82) is 0 Å². The van der Waals surface area contributed by atoms with Crippen molar-refractivity contribution >= 4 is 29.1 Å². The Labute approximate surface area is 177 Å². The quantitative estimate of drug-likeness (QED) is 0.750. The second-order valence-electron chi connectivity index (χ2n) is 7.99. The van der Waals surface area contributed by atoms with E-state index in [2.05, 4.69) is 41.4 Å². The van der Waals surface area contributed by atoms with Crippen molar-refractivity contribution in [3.8, 4) is 11.1 Å². The molecule has 1 amide bonds. The molecule has 0 spiro atoms. The molecular weight excluding hydrogens is 391 g/mol. The Bertz CT molecular complexity index is 836. The molecule has 148 valence electrons. The third kappa shape index (κ3) is 4.07. The van der Waals surface area contributed by atoms with Crippen LogP contribution in [0.25, 0.3) is 11.1 Å². The van der Waals surface area contributed by atoms with Gasteiger partial charge in [0.05, 0.1) is 0 Å². The van der Waals surface area contributed by atoms with Gasteiger partial charge in [-0.3, -0.25) is 4.79 Å². The van der Waals surface area contributed by atoms with E-state index < -0.39 is 0 Å². The summed E-state index contributed by atoms with van der Waals surface area (Å²) in [4.78, 5) is 15.1. The number of rotatable bonds is 4. The summed E-state index contributed by atoms with van der Waals surface area (Å²) in [5.41, 5.74) is 4.21. The van der Waals surface area contributed by atoms with Gasteiger partial charge in [-0.2, -0.15) is 0 Å². The molecule has 2 aromatic carbocycles. The third-order valence-corrected chi connectivity index (χ3v) is 6.75. The minimum absolute atomic E-state index is 0.0184. The molecule has 0 radical (unpaired) electrons. The van der Waals surface area contributed by atoms with Gasteiger partial charge in [-0.25, -0.2) is 0 Å². The van der Waals surface area contributed by atoms with Gasteiger partial charge in [0.2, 0.25) is 5.91 Å². The van der Waals surface area contributed by atoms with Crippen LogP contribution < -0.4 is 5.32 Å². The van der Waals surface area contributed by atoms with Crippen molar-refractivity contribution in [3.05, 3.63) is 57.6 Å². The molecule has 2 aliphatic heterocycles. The lowest BCUT2D eigenvalue weighted by atomic mass is 9.95. The number of aryl methyl sites for hydroxylation is 1. The molecule has 2 aromatic rings. The summed E-state index contributed by atoms with van der Waals surface area (Å²) >= 11 is 13.2. The Morgan fingerprint density at radius 3 is 2.29 bits per heavy atom. The first kappa shape index (κ1) is 19.8. The second kappa shape index (κ2) is 8.44. The molecule has 28 heavy (non-hydrogen) atoms. The molecule has 5 heteroatoms. The zero-order valence-corrected chi connectivity index (χ0v) is 17.7. The van der Waals surface area contributed by atoms with E-state index in [1.165, 1.54) is 5.56 Å². The number of piperidine rings is 1. The number of nitrogens with one attached hydrogen (secondary N) is 1. The van der Waals surface area contributed by atoms with Gasteiger partial charge in [-0.05, 0) is 74.5 Å². The molecule has 0 bridgehead atoms. The van der Waals surface area contributed by atoms with E-state index in [9.17, 15) is 4.79 Å². The van der Waals surface area contributed by atoms with E-state index in [1.807, 2.05) is 12.1 Å². The van der Waals surface area contributed by atoms with Gasteiger partial charge in [0.25, 0.3) is 0 Å². The monoisotopic (exact) mass is 416 g/mol. The lowest BCUT2D eigenvalue weighted by Crippen LogP contribution is -2.44. The first-order valence-electron chi connectivity index (χ1n) is 10.1. The van der Waals surface area contributed by atoms with Crippen molar-refractivity contribution in [1.82, 2.24) is 10.2 Å². The molecule has 1 atom stereocenters. The number of nitrogens with zero attached hydrogens (tertiary/aromatic N) is 1. The number of likely N-dealkylation sites (tertiary alicyclic amines) is 1. The van der Waals surface area contributed by atoms with Crippen LogP contribution >= 0.6 is 23.2 Å². The SMILES string of the molecule is Cc1ccc(-c2cc(Cl)c(CC3CCN(C4CCNCC4)C3=O)c(Cl)c2)cc1. The third-order valence-electron chi connectivity index (χ3n) is 6.08. The van der Waals surface area contributed by atoms with Gasteiger partial charge < -0.3 is 10.2 Å². The Kier molecular flexibility index (Phi) is 5.96. The molecule has 0 aliphatic carbocycles. The summed E-state index contributed by atoms with van der Waals surface area (Å²) in [6.45, 7) is 4.91. The van der Waals surface area contributed by atoms with Crippen LogP contribution in [0.4, 0.5) is 0 Å². The molecule has 2 fully saturated rings. The van der Waals surface area contributed by atoms with Crippen LogP contribution in [0, 0.1) is 12.8 Å². The van der Waals surface area contributed by atoms with E-state index in [1.54, 1.807) is 0 Å². The van der Waals surface area contributed by atoms with Crippen molar-refractivity contribution in [3.63, 3.8) is 0 Å². The molecule has 3 nitrogen and oxygen atoms in total. The highest BCUT2D eigenvalue weighted by Crippen LogP contribution is 2.36. The van der Waals surface area contributed by atoms with Crippen LogP contribution in [0.2, 0.25) is 10.0 Å². The highest BCUT2D eigenvalue weighted by molar-refractivity contribution is 6.36. The lowest BCUT2D eigenvalue weighted by Gasteiger charge is -2.31. The van der Waals surface area contributed by atoms with Crippen molar-refractivity contribution in [2.75, 3.05) is 19.6 Å². The van der Waals surface area contributed by atoms with Crippen LogP contribution in [0.1, 0.15) is 30.4 Å². The highest BCUT2D eigenvalue weighted by Gasteiger charge is 2.36. The standard InChI is InChI=1S/C23H26Cl2N2O/c1-15-2-4-16(5-3-15)18-13-21(24)20(22(25)14-18)12-17-8-11-27(23(17)28)19-6-9-26-10-7-19/h2-5,13-14,17,19,26H,6-12H2,1H3. The Morgan fingerprint density at radius 2 is 1.64 bits per heavy atom. The predicted molar refractivity (Wildman–Crippen MR) is 116 cm³/mol. The smallest absolute Gasteiger partial charge is 0.226 e. The summed E-state index contributed by atoms with van der Waals surface area (Å²) < 4.78 is 0. The molecule has 2 aliphatic rings. The second-order valence-corrected chi connectivity index (χ2v) is 8.80. The normalized spacial score (nSPS) is 20.8. The fourth-order valence-electron chi connectivity index (χ4n) is 4.39. The summed E-state index contributed by atoms with van der Waals surface area (Å²) in [6, 6.07) is 12.6. The summed E-state index contributed by atoms with van der Waals surface area (Å²) in [6.07, 6.45) is 3.59. The molecule has 0 saturated carbocycles. The maximum Gasteiger partial charge on any atom is 0.226 e. The van der Waals surface area contributed by atoms with Crippen LogP contribution in [0.15, 0.2) is 36.4 Å². The molecule has 4 rings (SSSR count). The van der Waals surface area contributed by atoms with Crippen LogP contribution in [0.3, 0.4) is 0 Å². The van der Waals surface area contributed by atoms with E-state index in [0.717, 1.165) is 55.6 Å². The van der Waals surface area contributed by atoms with Gasteiger partial charge in [0.1, 0.15) is 0 Å². The van der Waals surface area contributed by atoms with E-state index in [-0.39, 0.29) is 11.8 Å². The highest BCUT2D eigenvalue weighted by atomic mass is 35.5. The number of carbonyl (C=O) groups is 1. The lowest BCUT2D eigenvalue weighted by molar-refractivity contribution is -0.133. The summed E-state index contributed by atoms with van der Waals surface area (Å²) in [5.74, 6) is 0.247. The van der Waals surface area contributed by atoms with Gasteiger partial charge in [-0.1, -0.05) is 53.0 Å². The van der Waals surface area contributed by atoms with Gasteiger partial charge in [-0.15, -0.1) is 0 Å². The first-order chi connectivity index (χ1) is 13.5. The number of halogens is 2. The van der Waals surface area contributed by atoms with Crippen molar-refractivity contribution in [2.45, 2.75) is 38.6 Å².